The van der Waals surface area contributed by atoms with Gasteiger partial charge in [-0.25, -0.2) is 18.0 Å². The summed E-state index contributed by atoms with van der Waals surface area (Å²) in [4.78, 5) is 11.8. The lowest BCUT2D eigenvalue weighted by molar-refractivity contribution is 0.216. The monoisotopic (exact) mass is 316 g/mol. The van der Waals surface area contributed by atoms with Crippen molar-refractivity contribution in [1.29, 1.82) is 0 Å². The fourth-order valence-corrected chi connectivity index (χ4v) is 2.49. The zero-order chi connectivity index (χ0) is 16.3. The molecule has 22 heavy (non-hydrogen) atoms. The maximum absolute atomic E-state index is 13.2. The number of halogens is 3. The van der Waals surface area contributed by atoms with Crippen molar-refractivity contribution in [3.05, 3.63) is 35.1 Å². The number of urea groups is 1. The normalized spacial score (nSPS) is 21.3. The van der Waals surface area contributed by atoms with E-state index >= 15 is 0 Å². The molecule has 1 aromatic rings. The average molecular weight is 316 g/mol. The minimum absolute atomic E-state index is 0.0324. The Labute approximate surface area is 126 Å². The first kappa shape index (κ1) is 16.6. The largest absolute Gasteiger partial charge is 0.394 e. The summed E-state index contributed by atoms with van der Waals surface area (Å²) in [6, 6.07) is 0.0921. The van der Waals surface area contributed by atoms with Crippen LogP contribution >= 0.6 is 0 Å². The van der Waals surface area contributed by atoms with Crippen molar-refractivity contribution >= 4 is 6.03 Å². The van der Waals surface area contributed by atoms with Gasteiger partial charge >= 0.3 is 6.03 Å². The maximum Gasteiger partial charge on any atom is 0.315 e. The van der Waals surface area contributed by atoms with Crippen molar-refractivity contribution < 1.29 is 23.1 Å². The lowest BCUT2D eigenvalue weighted by Crippen LogP contribution is -2.40. The third-order valence-corrected chi connectivity index (χ3v) is 3.79. The quantitative estimate of drug-likeness (QED) is 0.707. The standard InChI is InChI=1S/C15H19F3N2O2/c1-2-3-8-6-12(8)19-15(22)20-13(7-21)9-4-10(16)14(18)11(17)5-9/h4-5,8,12-13,21H,2-3,6-7H2,1H3,(H2,19,20,22). The van der Waals surface area contributed by atoms with Crippen LogP contribution in [0.15, 0.2) is 12.1 Å². The Morgan fingerprint density at radius 3 is 2.55 bits per heavy atom. The zero-order valence-corrected chi connectivity index (χ0v) is 12.2. The second-order valence-corrected chi connectivity index (χ2v) is 5.54. The van der Waals surface area contributed by atoms with Crippen LogP contribution in [0.25, 0.3) is 0 Å². The Bertz CT molecular complexity index is 531. The number of nitrogens with one attached hydrogen (secondary N) is 2. The molecule has 1 aliphatic carbocycles. The van der Waals surface area contributed by atoms with Gasteiger partial charge in [-0.05, 0) is 36.5 Å². The molecule has 4 nitrogen and oxygen atoms in total. The Morgan fingerprint density at radius 1 is 1.36 bits per heavy atom. The molecular weight excluding hydrogens is 297 g/mol. The second kappa shape index (κ2) is 7.00. The molecule has 0 spiro atoms. The van der Waals surface area contributed by atoms with Crippen molar-refractivity contribution in [2.75, 3.05) is 6.61 Å². The number of amides is 2. The van der Waals surface area contributed by atoms with E-state index in [1.54, 1.807) is 0 Å². The van der Waals surface area contributed by atoms with E-state index in [4.69, 9.17) is 0 Å². The molecule has 3 atom stereocenters. The minimum atomic E-state index is -1.58. The predicted octanol–water partition coefficient (Wildman–Crippen LogP) is 2.63. The third kappa shape index (κ3) is 3.91. The first-order chi connectivity index (χ1) is 10.5. The molecule has 0 heterocycles. The Hall–Kier alpha value is -1.76. The number of carbonyl (C=O) groups is 1. The number of aliphatic hydroxyl groups excluding tert-OH is 1. The first-order valence-corrected chi connectivity index (χ1v) is 7.28. The van der Waals surface area contributed by atoms with Crippen molar-refractivity contribution in [2.45, 2.75) is 38.3 Å². The molecule has 0 bridgehead atoms. The molecule has 1 aliphatic rings. The summed E-state index contributed by atoms with van der Waals surface area (Å²) in [6.45, 7) is 1.51. The van der Waals surface area contributed by atoms with Crippen LogP contribution in [0, 0.1) is 23.4 Å². The van der Waals surface area contributed by atoms with Crippen molar-refractivity contribution in [3.63, 3.8) is 0 Å². The van der Waals surface area contributed by atoms with Gasteiger partial charge in [-0.3, -0.25) is 0 Å². The van der Waals surface area contributed by atoms with Gasteiger partial charge in [0, 0.05) is 6.04 Å². The van der Waals surface area contributed by atoms with E-state index in [-0.39, 0.29) is 11.6 Å². The molecule has 1 aromatic carbocycles. The van der Waals surface area contributed by atoms with Crippen molar-refractivity contribution in [1.82, 2.24) is 10.6 Å². The number of rotatable bonds is 6. The van der Waals surface area contributed by atoms with E-state index in [2.05, 4.69) is 17.6 Å². The summed E-state index contributed by atoms with van der Waals surface area (Å²) in [5, 5.41) is 14.5. The summed E-state index contributed by atoms with van der Waals surface area (Å²) in [5.41, 5.74) is -0.0324. The van der Waals surface area contributed by atoms with Gasteiger partial charge in [-0.15, -0.1) is 0 Å². The van der Waals surface area contributed by atoms with Gasteiger partial charge in [-0.2, -0.15) is 0 Å². The highest BCUT2D eigenvalue weighted by Gasteiger charge is 2.37. The van der Waals surface area contributed by atoms with Crippen LogP contribution < -0.4 is 10.6 Å². The molecule has 1 saturated carbocycles. The fraction of sp³-hybridized carbons (Fsp3) is 0.533. The van der Waals surface area contributed by atoms with Crippen molar-refractivity contribution in [2.24, 2.45) is 5.92 Å². The van der Waals surface area contributed by atoms with Gasteiger partial charge in [0.15, 0.2) is 17.5 Å². The van der Waals surface area contributed by atoms with Crippen LogP contribution in [0.4, 0.5) is 18.0 Å². The van der Waals surface area contributed by atoms with Crippen molar-refractivity contribution in [3.8, 4) is 0 Å². The molecule has 0 aliphatic heterocycles. The van der Waals surface area contributed by atoms with E-state index in [9.17, 15) is 23.1 Å². The lowest BCUT2D eigenvalue weighted by Gasteiger charge is -2.18. The second-order valence-electron chi connectivity index (χ2n) is 5.54. The number of hydrogen-bond donors (Lipinski definition) is 3. The number of aliphatic hydroxyl groups is 1. The van der Waals surface area contributed by atoms with E-state index in [1.165, 1.54) is 0 Å². The summed E-state index contributed by atoms with van der Waals surface area (Å²) >= 11 is 0. The first-order valence-electron chi connectivity index (χ1n) is 7.28. The molecule has 0 saturated heterocycles. The zero-order valence-electron chi connectivity index (χ0n) is 12.2. The number of carbonyl (C=O) groups excluding carboxylic acids is 1. The summed E-state index contributed by atoms with van der Waals surface area (Å²) in [6.07, 6.45) is 2.98. The van der Waals surface area contributed by atoms with Gasteiger partial charge in [0.05, 0.1) is 12.6 Å². The van der Waals surface area contributed by atoms with Gasteiger partial charge < -0.3 is 15.7 Å². The molecular formula is C15H19F3N2O2. The number of hydrogen-bond acceptors (Lipinski definition) is 2. The summed E-state index contributed by atoms with van der Waals surface area (Å²) < 4.78 is 39.3. The van der Waals surface area contributed by atoms with E-state index < -0.39 is 36.1 Å². The third-order valence-electron chi connectivity index (χ3n) is 3.79. The predicted molar refractivity (Wildman–Crippen MR) is 74.6 cm³/mol. The Balaban J connectivity index is 1.96. The molecule has 0 aromatic heterocycles. The molecule has 2 amide bonds. The Kier molecular flexibility index (Phi) is 5.28. The average Bonchev–Trinajstić information content (AvgIpc) is 3.19. The molecule has 3 N–H and O–H groups in total. The molecule has 1 fully saturated rings. The molecule has 7 heteroatoms. The molecule has 2 rings (SSSR count). The Morgan fingerprint density at radius 2 is 2.00 bits per heavy atom. The summed E-state index contributed by atoms with van der Waals surface area (Å²) in [5.74, 6) is -3.84. The van der Waals surface area contributed by atoms with Crippen LogP contribution in [-0.4, -0.2) is 23.8 Å². The van der Waals surface area contributed by atoms with Crippen LogP contribution in [0.5, 0.6) is 0 Å². The van der Waals surface area contributed by atoms with E-state index in [0.717, 1.165) is 31.4 Å². The highest BCUT2D eigenvalue weighted by atomic mass is 19.2. The topological polar surface area (TPSA) is 61.4 Å². The fourth-order valence-electron chi connectivity index (χ4n) is 2.49. The minimum Gasteiger partial charge on any atom is -0.394 e. The van der Waals surface area contributed by atoms with Gasteiger partial charge in [0.25, 0.3) is 0 Å². The maximum atomic E-state index is 13.2. The van der Waals surface area contributed by atoms with Crippen LogP contribution in [0.3, 0.4) is 0 Å². The van der Waals surface area contributed by atoms with Gasteiger partial charge in [-0.1, -0.05) is 13.3 Å². The number of benzene rings is 1. The highest BCUT2D eigenvalue weighted by Crippen LogP contribution is 2.34. The highest BCUT2D eigenvalue weighted by molar-refractivity contribution is 5.75. The van der Waals surface area contributed by atoms with Crippen LogP contribution in [0.1, 0.15) is 37.8 Å². The molecule has 3 unspecified atom stereocenters. The molecule has 0 radical (unpaired) electrons. The lowest BCUT2D eigenvalue weighted by atomic mass is 10.1. The SMILES string of the molecule is CCCC1CC1NC(=O)NC(CO)c1cc(F)c(F)c(F)c1. The van der Waals surface area contributed by atoms with Crippen LogP contribution in [-0.2, 0) is 0 Å². The molecule has 122 valence electrons. The summed E-state index contributed by atoms with van der Waals surface area (Å²) in [7, 11) is 0. The smallest absolute Gasteiger partial charge is 0.315 e. The van der Waals surface area contributed by atoms with E-state index in [1.807, 2.05) is 0 Å². The van der Waals surface area contributed by atoms with Gasteiger partial charge in [0.1, 0.15) is 0 Å². The van der Waals surface area contributed by atoms with Crippen LogP contribution in [0.2, 0.25) is 0 Å². The van der Waals surface area contributed by atoms with E-state index in [0.29, 0.717) is 5.92 Å². The van der Waals surface area contributed by atoms with Gasteiger partial charge in [0.2, 0.25) is 0 Å².